The highest BCUT2D eigenvalue weighted by molar-refractivity contribution is 7.89. The van der Waals surface area contributed by atoms with Gasteiger partial charge in [-0.05, 0) is 47.5 Å². The van der Waals surface area contributed by atoms with Crippen molar-refractivity contribution in [2.24, 2.45) is 0 Å². The number of rotatable bonds is 4. The van der Waals surface area contributed by atoms with E-state index < -0.39 is 22.0 Å². The maximum Gasteiger partial charge on any atom is 0.322 e. The highest BCUT2D eigenvalue weighted by Gasteiger charge is 2.39. The second kappa shape index (κ2) is 7.33. The minimum absolute atomic E-state index is 0.0162. The molecule has 4 aromatic rings. The highest BCUT2D eigenvalue weighted by Crippen LogP contribution is 2.31. The van der Waals surface area contributed by atoms with Gasteiger partial charge in [0.15, 0.2) is 5.58 Å². The minimum Gasteiger partial charge on any atom is -0.480 e. The number of carbonyl (C=O) groups is 1. The van der Waals surface area contributed by atoms with Crippen molar-refractivity contribution < 1.29 is 22.7 Å². The molecule has 1 aromatic heterocycles. The summed E-state index contributed by atoms with van der Waals surface area (Å²) in [6.45, 7) is 0.0162. The molecule has 156 valence electrons. The van der Waals surface area contributed by atoms with Crippen molar-refractivity contribution in [3.63, 3.8) is 0 Å². The van der Waals surface area contributed by atoms with Gasteiger partial charge in [-0.1, -0.05) is 36.4 Å². The number of benzene rings is 3. The monoisotopic (exact) mass is 434 g/mol. The fraction of sp³-hybridized carbons (Fsp3) is 0.130. The number of aliphatic carboxylic acids is 1. The van der Waals surface area contributed by atoms with E-state index in [2.05, 4.69) is 4.98 Å². The molecule has 0 saturated heterocycles. The summed E-state index contributed by atoms with van der Waals surface area (Å²) in [6.07, 6.45) is 0.131. The van der Waals surface area contributed by atoms with E-state index in [-0.39, 0.29) is 17.9 Å². The van der Waals surface area contributed by atoms with Crippen LogP contribution in [0.4, 0.5) is 0 Å². The highest BCUT2D eigenvalue weighted by atomic mass is 32.2. The Kier molecular flexibility index (Phi) is 4.60. The van der Waals surface area contributed by atoms with Gasteiger partial charge in [0.25, 0.3) is 0 Å². The number of para-hydroxylation sites is 2. The lowest BCUT2D eigenvalue weighted by molar-refractivity contribution is -0.141. The Morgan fingerprint density at radius 2 is 1.65 bits per heavy atom. The second-order valence-corrected chi connectivity index (χ2v) is 9.28. The Bertz CT molecular complexity index is 1360. The molecule has 7 nitrogen and oxygen atoms in total. The molecule has 1 atom stereocenters. The first-order valence-corrected chi connectivity index (χ1v) is 11.1. The van der Waals surface area contributed by atoms with Gasteiger partial charge in [0.2, 0.25) is 15.9 Å². The summed E-state index contributed by atoms with van der Waals surface area (Å²) in [4.78, 5) is 16.3. The predicted molar refractivity (Wildman–Crippen MR) is 114 cm³/mol. The molecule has 0 fully saturated rings. The molecule has 0 radical (unpaired) electrons. The van der Waals surface area contributed by atoms with Crippen LogP contribution >= 0.6 is 0 Å². The van der Waals surface area contributed by atoms with E-state index in [9.17, 15) is 18.3 Å². The van der Waals surface area contributed by atoms with Gasteiger partial charge in [0.1, 0.15) is 11.6 Å². The number of sulfonamides is 1. The van der Waals surface area contributed by atoms with Crippen LogP contribution in [0.5, 0.6) is 0 Å². The lowest BCUT2D eigenvalue weighted by Gasteiger charge is -2.33. The molecule has 31 heavy (non-hydrogen) atoms. The fourth-order valence-electron chi connectivity index (χ4n) is 3.86. The molecule has 0 spiro atoms. The second-order valence-electron chi connectivity index (χ2n) is 7.39. The number of nitrogens with zero attached hydrogens (tertiary/aromatic N) is 2. The molecular formula is C23H18N2O5S. The number of fused-ring (bicyclic) bond motifs is 2. The Hall–Kier alpha value is -3.49. The third-order valence-corrected chi connectivity index (χ3v) is 7.36. The van der Waals surface area contributed by atoms with E-state index in [4.69, 9.17) is 4.42 Å². The van der Waals surface area contributed by atoms with E-state index in [0.29, 0.717) is 22.6 Å². The molecule has 1 aliphatic rings. The number of carboxylic acids is 1. The molecule has 3 aromatic carbocycles. The van der Waals surface area contributed by atoms with E-state index in [1.807, 2.05) is 48.5 Å². The van der Waals surface area contributed by atoms with Gasteiger partial charge in [-0.2, -0.15) is 4.31 Å². The van der Waals surface area contributed by atoms with Crippen LogP contribution in [0.25, 0.3) is 22.6 Å². The summed E-state index contributed by atoms with van der Waals surface area (Å²) < 4.78 is 33.4. The van der Waals surface area contributed by atoms with Crippen LogP contribution in [0.3, 0.4) is 0 Å². The summed E-state index contributed by atoms with van der Waals surface area (Å²) in [5, 5.41) is 9.68. The largest absolute Gasteiger partial charge is 0.480 e. The summed E-state index contributed by atoms with van der Waals surface area (Å²) in [5.41, 5.74) is 3.66. The SMILES string of the molecule is O=C(O)[C@H]1Cc2ccccc2CN1S(=O)(=O)c1ccc(-c2nc3ccccc3o2)cc1. The zero-order valence-electron chi connectivity index (χ0n) is 16.3. The van der Waals surface area contributed by atoms with E-state index >= 15 is 0 Å². The van der Waals surface area contributed by atoms with Gasteiger partial charge in [-0.25, -0.2) is 13.4 Å². The van der Waals surface area contributed by atoms with Gasteiger partial charge in [-0.3, -0.25) is 4.79 Å². The molecule has 8 heteroatoms. The lowest BCUT2D eigenvalue weighted by atomic mass is 9.96. The van der Waals surface area contributed by atoms with Crippen molar-refractivity contribution in [1.82, 2.24) is 9.29 Å². The number of hydrogen-bond donors (Lipinski definition) is 1. The molecule has 0 aliphatic carbocycles. The van der Waals surface area contributed by atoms with Crippen molar-refractivity contribution >= 4 is 27.1 Å². The van der Waals surface area contributed by atoms with Crippen molar-refractivity contribution in [1.29, 1.82) is 0 Å². The topological polar surface area (TPSA) is 101 Å². The number of oxazole rings is 1. The zero-order valence-corrected chi connectivity index (χ0v) is 17.1. The first kappa shape index (κ1) is 19.5. The maximum atomic E-state index is 13.3. The Morgan fingerprint density at radius 1 is 0.968 bits per heavy atom. The van der Waals surface area contributed by atoms with Crippen LogP contribution in [0.1, 0.15) is 11.1 Å². The van der Waals surface area contributed by atoms with Crippen LogP contribution in [0.2, 0.25) is 0 Å². The van der Waals surface area contributed by atoms with E-state index in [0.717, 1.165) is 15.4 Å². The molecule has 0 amide bonds. The molecule has 0 bridgehead atoms. The smallest absolute Gasteiger partial charge is 0.322 e. The van der Waals surface area contributed by atoms with Crippen molar-refractivity contribution in [3.8, 4) is 11.5 Å². The predicted octanol–water partition coefficient (Wildman–Crippen LogP) is 3.70. The average Bonchev–Trinajstić information content (AvgIpc) is 3.22. The van der Waals surface area contributed by atoms with E-state index in [1.165, 1.54) is 12.1 Å². The normalized spacial score (nSPS) is 16.8. The molecular weight excluding hydrogens is 416 g/mol. The average molecular weight is 434 g/mol. The first-order chi connectivity index (χ1) is 14.9. The molecule has 0 unspecified atom stereocenters. The third kappa shape index (κ3) is 3.39. The molecule has 2 heterocycles. The first-order valence-electron chi connectivity index (χ1n) is 9.71. The zero-order chi connectivity index (χ0) is 21.6. The van der Waals surface area contributed by atoms with Crippen LogP contribution in [-0.2, 0) is 27.8 Å². The Balaban J connectivity index is 1.49. The lowest BCUT2D eigenvalue weighted by Crippen LogP contribution is -2.48. The van der Waals surface area contributed by atoms with Gasteiger partial charge in [-0.15, -0.1) is 0 Å². The van der Waals surface area contributed by atoms with Gasteiger partial charge < -0.3 is 9.52 Å². The summed E-state index contributed by atoms with van der Waals surface area (Å²) in [6, 6.07) is 19.7. The van der Waals surface area contributed by atoms with Crippen LogP contribution in [0, 0.1) is 0 Å². The standard InChI is InChI=1S/C23H18N2O5S/c26-23(27)20-13-16-5-1-2-6-17(16)14-25(20)31(28,29)18-11-9-15(10-12-18)22-24-19-7-3-4-8-21(19)30-22/h1-12,20H,13-14H2,(H,26,27)/t20-/m1/s1. The molecule has 0 saturated carbocycles. The fourth-order valence-corrected chi connectivity index (χ4v) is 5.42. The van der Waals surface area contributed by atoms with Gasteiger partial charge in [0.05, 0.1) is 4.90 Å². The van der Waals surface area contributed by atoms with Crippen LogP contribution < -0.4 is 0 Å². The third-order valence-electron chi connectivity index (χ3n) is 5.49. The number of hydrogen-bond acceptors (Lipinski definition) is 5. The Morgan fingerprint density at radius 3 is 2.35 bits per heavy atom. The molecule has 1 aliphatic heterocycles. The van der Waals surface area contributed by atoms with Gasteiger partial charge >= 0.3 is 5.97 Å². The number of carboxylic acid groups (broad SMARTS) is 1. The van der Waals surface area contributed by atoms with Crippen LogP contribution in [0.15, 0.2) is 82.1 Å². The summed E-state index contributed by atoms with van der Waals surface area (Å²) in [7, 11) is -4.02. The van der Waals surface area contributed by atoms with Crippen LogP contribution in [-0.4, -0.2) is 34.8 Å². The Labute approximate surface area is 178 Å². The quantitative estimate of drug-likeness (QED) is 0.526. The van der Waals surface area contributed by atoms with E-state index in [1.54, 1.807) is 12.1 Å². The number of aromatic nitrogens is 1. The summed E-state index contributed by atoms with van der Waals surface area (Å²) >= 11 is 0. The molecule has 5 rings (SSSR count). The minimum atomic E-state index is -4.02. The van der Waals surface area contributed by atoms with Crippen molar-refractivity contribution in [2.45, 2.75) is 23.9 Å². The van der Waals surface area contributed by atoms with Gasteiger partial charge in [0, 0.05) is 18.5 Å². The summed E-state index contributed by atoms with van der Waals surface area (Å²) in [5.74, 6) is -0.776. The van der Waals surface area contributed by atoms with Crippen molar-refractivity contribution in [2.75, 3.05) is 0 Å². The van der Waals surface area contributed by atoms with Crippen molar-refractivity contribution in [3.05, 3.63) is 83.9 Å². The molecule has 1 N–H and O–H groups in total. The maximum absolute atomic E-state index is 13.3.